The third kappa shape index (κ3) is 4.68. The summed E-state index contributed by atoms with van der Waals surface area (Å²) >= 11 is 1.30. The topological polar surface area (TPSA) is 132 Å². The Hall–Kier alpha value is -4.43. The normalized spacial score (nSPS) is 17.3. The summed E-state index contributed by atoms with van der Waals surface area (Å²) in [4.78, 5) is 32.4. The molecule has 0 spiro atoms. The van der Waals surface area contributed by atoms with E-state index in [1.165, 1.54) is 11.3 Å². The molecule has 0 saturated heterocycles. The number of pyridine rings is 1. The summed E-state index contributed by atoms with van der Waals surface area (Å²) in [6.07, 6.45) is 8.76. The largest absolute Gasteiger partial charge is 0.496 e. The van der Waals surface area contributed by atoms with Crippen LogP contribution in [0.1, 0.15) is 53.3 Å². The lowest BCUT2D eigenvalue weighted by molar-refractivity contribution is 0.102. The molecule has 10 nitrogen and oxygen atoms in total. The Morgan fingerprint density at radius 1 is 1.10 bits per heavy atom. The molecular weight excluding hydrogens is 512 g/mol. The Kier molecular flexibility index (Phi) is 6.40. The van der Waals surface area contributed by atoms with E-state index in [0.717, 1.165) is 53.5 Å². The summed E-state index contributed by atoms with van der Waals surface area (Å²) in [7, 11) is 3.49. The fraction of sp³-hybridized carbons (Fsp3) is 0.321. The van der Waals surface area contributed by atoms with Crippen LogP contribution in [0.15, 0.2) is 36.8 Å². The first-order valence-corrected chi connectivity index (χ1v) is 13.6. The lowest BCUT2D eigenvalue weighted by Gasteiger charge is -2.23. The Bertz CT molecular complexity index is 1760. The smallest absolute Gasteiger partial charge is 0.259 e. The van der Waals surface area contributed by atoms with E-state index in [2.05, 4.69) is 31.4 Å². The van der Waals surface area contributed by atoms with Crippen LogP contribution < -0.4 is 10.1 Å². The van der Waals surface area contributed by atoms with E-state index in [1.54, 1.807) is 30.4 Å². The minimum atomic E-state index is -0.333. The molecule has 196 valence electrons. The first-order chi connectivity index (χ1) is 18.9. The first kappa shape index (κ1) is 24.9. The molecule has 1 fully saturated rings. The van der Waals surface area contributed by atoms with Crippen molar-refractivity contribution in [2.45, 2.75) is 38.5 Å². The number of aromatic nitrogens is 6. The Balaban J connectivity index is 1.30. The van der Waals surface area contributed by atoms with Crippen molar-refractivity contribution in [1.82, 2.24) is 29.7 Å². The number of carbonyl (C=O) groups excluding carboxylic acids is 1. The number of nitriles is 1. The lowest BCUT2D eigenvalue weighted by Crippen LogP contribution is -2.14. The van der Waals surface area contributed by atoms with E-state index in [1.807, 2.05) is 32.2 Å². The van der Waals surface area contributed by atoms with Crippen LogP contribution in [0.4, 0.5) is 5.13 Å². The predicted octanol–water partition coefficient (Wildman–Crippen LogP) is 5.40. The van der Waals surface area contributed by atoms with E-state index >= 15 is 0 Å². The maximum atomic E-state index is 13.5. The van der Waals surface area contributed by atoms with Crippen molar-refractivity contribution < 1.29 is 9.53 Å². The summed E-state index contributed by atoms with van der Waals surface area (Å²) in [6, 6.07) is 8.15. The maximum absolute atomic E-state index is 13.5. The highest BCUT2D eigenvalue weighted by molar-refractivity contribution is 7.21. The number of nitrogens with one attached hydrogen (secondary N) is 1. The van der Waals surface area contributed by atoms with Gasteiger partial charge in [0.25, 0.3) is 5.91 Å². The van der Waals surface area contributed by atoms with Crippen LogP contribution in [-0.2, 0) is 7.05 Å². The van der Waals surface area contributed by atoms with Crippen molar-refractivity contribution in [1.29, 1.82) is 5.26 Å². The molecule has 4 heterocycles. The van der Waals surface area contributed by atoms with Crippen LogP contribution in [0.3, 0.4) is 0 Å². The zero-order chi connectivity index (χ0) is 27.1. The molecule has 11 heteroatoms. The molecule has 5 aromatic rings. The number of nitrogens with zero attached hydrogens (tertiary/aromatic N) is 7. The Labute approximate surface area is 228 Å². The molecule has 4 aromatic heterocycles. The van der Waals surface area contributed by atoms with E-state index < -0.39 is 0 Å². The van der Waals surface area contributed by atoms with Gasteiger partial charge in [-0.3, -0.25) is 19.8 Å². The number of hydrogen-bond acceptors (Lipinski definition) is 9. The molecule has 0 atom stereocenters. The second kappa shape index (κ2) is 10.0. The Morgan fingerprint density at radius 2 is 1.92 bits per heavy atom. The quantitative estimate of drug-likeness (QED) is 0.315. The van der Waals surface area contributed by atoms with E-state index in [4.69, 9.17) is 9.72 Å². The maximum Gasteiger partial charge on any atom is 0.259 e. The van der Waals surface area contributed by atoms with Gasteiger partial charge in [-0.25, -0.2) is 9.97 Å². The molecule has 0 aliphatic heterocycles. The zero-order valence-electron chi connectivity index (χ0n) is 21.8. The summed E-state index contributed by atoms with van der Waals surface area (Å²) in [6.45, 7) is 1.88. The minimum Gasteiger partial charge on any atom is -0.496 e. The van der Waals surface area contributed by atoms with E-state index in [0.29, 0.717) is 38.4 Å². The standard InChI is InChI=1S/C28H26N8O2S/c1-15-8-19(20-9-18-12-32-36(2)23(18)10-24(20)38-3)21(13-30-15)26(37)35-28-34-25-27(39-28)33-22(14-31-25)17-6-4-16(11-29)5-7-17/h8-10,12-14,16-17H,4-7H2,1-3H3,(H,31,34,35,37). The molecule has 1 aliphatic carbocycles. The molecule has 1 N–H and O–H groups in total. The van der Waals surface area contributed by atoms with Gasteiger partial charge in [-0.2, -0.15) is 15.3 Å². The molecule has 6 rings (SSSR count). The number of rotatable bonds is 5. The van der Waals surface area contributed by atoms with Gasteiger partial charge in [0.2, 0.25) is 0 Å². The number of benzene rings is 1. The average molecular weight is 539 g/mol. The van der Waals surface area contributed by atoms with Gasteiger partial charge < -0.3 is 4.74 Å². The predicted molar refractivity (Wildman–Crippen MR) is 149 cm³/mol. The first-order valence-electron chi connectivity index (χ1n) is 12.7. The number of hydrogen-bond donors (Lipinski definition) is 1. The minimum absolute atomic E-state index is 0.135. The Morgan fingerprint density at radius 3 is 2.69 bits per heavy atom. The number of anilines is 1. The van der Waals surface area contributed by atoms with E-state index in [9.17, 15) is 10.1 Å². The van der Waals surface area contributed by atoms with Gasteiger partial charge >= 0.3 is 0 Å². The van der Waals surface area contributed by atoms with Gasteiger partial charge in [0.1, 0.15) is 5.75 Å². The van der Waals surface area contributed by atoms with Crippen LogP contribution in [0.5, 0.6) is 5.75 Å². The third-order valence-corrected chi connectivity index (χ3v) is 8.19. The van der Waals surface area contributed by atoms with Crippen molar-refractivity contribution in [2.75, 3.05) is 12.4 Å². The molecule has 1 amide bonds. The fourth-order valence-electron chi connectivity index (χ4n) is 5.19. The number of aryl methyl sites for hydroxylation is 2. The molecule has 39 heavy (non-hydrogen) atoms. The van der Waals surface area contributed by atoms with Crippen molar-refractivity contribution in [3.63, 3.8) is 0 Å². The zero-order valence-corrected chi connectivity index (χ0v) is 22.6. The van der Waals surface area contributed by atoms with Crippen molar-refractivity contribution in [3.8, 4) is 22.9 Å². The van der Waals surface area contributed by atoms with Crippen LogP contribution in [-0.4, -0.2) is 42.7 Å². The number of carbonyl (C=O) groups is 1. The van der Waals surface area contributed by atoms with E-state index in [-0.39, 0.29) is 11.8 Å². The summed E-state index contributed by atoms with van der Waals surface area (Å²) < 4.78 is 7.49. The summed E-state index contributed by atoms with van der Waals surface area (Å²) in [5.74, 6) is 0.728. The molecule has 1 saturated carbocycles. The average Bonchev–Trinajstić information content (AvgIpc) is 3.53. The van der Waals surface area contributed by atoms with Gasteiger partial charge in [0.15, 0.2) is 15.6 Å². The number of methoxy groups -OCH3 is 1. The highest BCUT2D eigenvalue weighted by atomic mass is 32.1. The van der Waals surface area contributed by atoms with Crippen LogP contribution in [0.25, 0.3) is 32.5 Å². The van der Waals surface area contributed by atoms with Gasteiger partial charge in [-0.1, -0.05) is 11.3 Å². The van der Waals surface area contributed by atoms with Crippen LogP contribution in [0, 0.1) is 24.2 Å². The summed E-state index contributed by atoms with van der Waals surface area (Å²) in [5.41, 5.74) is 5.00. The number of ether oxygens (including phenoxy) is 1. The SMILES string of the molecule is COc1cc2c(cnn2C)cc1-c1cc(C)ncc1C(=O)Nc1nc2ncc(C3CCC(C#N)CC3)nc2s1. The second-order valence-electron chi connectivity index (χ2n) is 9.83. The highest BCUT2D eigenvalue weighted by Crippen LogP contribution is 2.38. The monoisotopic (exact) mass is 538 g/mol. The second-order valence-corrected chi connectivity index (χ2v) is 10.8. The van der Waals surface area contributed by atoms with Crippen LogP contribution in [0.2, 0.25) is 0 Å². The third-order valence-electron chi connectivity index (χ3n) is 7.33. The molecular formula is C28H26N8O2S. The molecule has 0 radical (unpaired) electrons. The molecule has 0 unspecified atom stereocenters. The number of thiazole rings is 1. The van der Waals surface area contributed by atoms with Crippen molar-refractivity contribution >= 4 is 43.8 Å². The molecule has 0 bridgehead atoms. The lowest BCUT2D eigenvalue weighted by atomic mass is 9.81. The molecule has 1 aliphatic rings. The summed E-state index contributed by atoms with van der Waals surface area (Å²) in [5, 5.41) is 17.8. The van der Waals surface area contributed by atoms with Gasteiger partial charge in [0.05, 0.1) is 42.3 Å². The molecule has 1 aromatic carbocycles. The van der Waals surface area contributed by atoms with Gasteiger partial charge in [-0.15, -0.1) is 0 Å². The van der Waals surface area contributed by atoms with Gasteiger partial charge in [0, 0.05) is 53.4 Å². The van der Waals surface area contributed by atoms with Gasteiger partial charge in [-0.05, 0) is 44.7 Å². The van der Waals surface area contributed by atoms with Crippen LogP contribution >= 0.6 is 11.3 Å². The van der Waals surface area contributed by atoms with Crippen molar-refractivity contribution in [3.05, 3.63) is 53.7 Å². The highest BCUT2D eigenvalue weighted by Gasteiger charge is 2.24. The van der Waals surface area contributed by atoms with Crippen molar-refractivity contribution in [2.24, 2.45) is 13.0 Å². The fourth-order valence-corrected chi connectivity index (χ4v) is 5.99. The number of amides is 1. The number of fused-ring (bicyclic) bond motifs is 2.